The molecule has 4 aromatic rings. The molecule has 2 aromatic carbocycles. The van der Waals surface area contributed by atoms with Crippen LogP contribution in [0.4, 0.5) is 11.6 Å². The minimum atomic E-state index is -0.432. The van der Waals surface area contributed by atoms with Crippen molar-refractivity contribution in [1.82, 2.24) is 18.7 Å². The van der Waals surface area contributed by atoms with E-state index in [2.05, 4.69) is 15.5 Å². The fourth-order valence-corrected chi connectivity index (χ4v) is 3.81. The number of benzene rings is 2. The Kier molecular flexibility index (Phi) is 6.72. The zero-order valence-electron chi connectivity index (χ0n) is 20.5. The van der Waals surface area contributed by atoms with E-state index >= 15 is 0 Å². The summed E-state index contributed by atoms with van der Waals surface area (Å²) in [5.41, 5.74) is 5.85. The highest BCUT2D eigenvalue weighted by molar-refractivity contribution is 5.81. The Balaban J connectivity index is 1.68. The number of anilines is 2. The van der Waals surface area contributed by atoms with Crippen molar-refractivity contribution in [3.05, 3.63) is 80.5 Å². The molecule has 0 unspecified atom stereocenters. The van der Waals surface area contributed by atoms with E-state index in [9.17, 15) is 9.59 Å². The molecule has 10 heteroatoms. The molecule has 0 aliphatic carbocycles. The lowest BCUT2D eigenvalue weighted by Crippen LogP contribution is -2.37. The van der Waals surface area contributed by atoms with Gasteiger partial charge in [-0.1, -0.05) is 24.3 Å². The van der Waals surface area contributed by atoms with Crippen LogP contribution in [0, 0.1) is 0 Å². The SMILES string of the molecule is COc1ccc(CCn2c(N/N=C/c3ccc(N(C)C)cc3)nc3c2c(=O)n(C)c(=O)n3C)cc1. The van der Waals surface area contributed by atoms with Gasteiger partial charge in [0.15, 0.2) is 11.2 Å². The number of hydrazone groups is 1. The first-order valence-electron chi connectivity index (χ1n) is 11.2. The number of aromatic nitrogens is 4. The van der Waals surface area contributed by atoms with Crippen molar-refractivity contribution in [3.63, 3.8) is 0 Å². The highest BCUT2D eigenvalue weighted by Gasteiger charge is 2.19. The summed E-state index contributed by atoms with van der Waals surface area (Å²) in [6, 6.07) is 15.7. The Morgan fingerprint density at radius 3 is 2.34 bits per heavy atom. The Labute approximate surface area is 202 Å². The van der Waals surface area contributed by atoms with Gasteiger partial charge in [-0.15, -0.1) is 0 Å². The molecule has 0 saturated heterocycles. The molecular formula is C25H29N7O3. The highest BCUT2D eigenvalue weighted by Crippen LogP contribution is 2.18. The van der Waals surface area contributed by atoms with E-state index in [-0.39, 0.29) is 0 Å². The maximum Gasteiger partial charge on any atom is 0.332 e. The molecule has 0 aliphatic rings. The molecular weight excluding hydrogens is 446 g/mol. The van der Waals surface area contributed by atoms with Crippen LogP contribution in [0.1, 0.15) is 11.1 Å². The number of nitrogens with one attached hydrogen (secondary N) is 1. The van der Waals surface area contributed by atoms with E-state index < -0.39 is 11.2 Å². The Bertz CT molecular complexity index is 1480. The monoisotopic (exact) mass is 475 g/mol. The lowest BCUT2D eigenvalue weighted by Gasteiger charge is -2.11. The summed E-state index contributed by atoms with van der Waals surface area (Å²) in [4.78, 5) is 32.0. The van der Waals surface area contributed by atoms with E-state index in [1.54, 1.807) is 24.9 Å². The zero-order valence-corrected chi connectivity index (χ0v) is 20.5. The van der Waals surface area contributed by atoms with Gasteiger partial charge in [0.05, 0.1) is 13.3 Å². The quantitative estimate of drug-likeness (QED) is 0.310. The zero-order chi connectivity index (χ0) is 25.1. The van der Waals surface area contributed by atoms with Crippen molar-refractivity contribution in [2.75, 3.05) is 31.5 Å². The molecule has 0 amide bonds. The molecule has 0 spiro atoms. The molecule has 0 fully saturated rings. The van der Waals surface area contributed by atoms with E-state index in [0.717, 1.165) is 27.1 Å². The summed E-state index contributed by atoms with van der Waals surface area (Å²) in [6.07, 6.45) is 2.33. The standard InChI is InChI=1S/C25H29N7O3/c1-29(2)19-10-6-18(7-11-19)16-26-28-24-27-22-21(23(33)31(4)25(34)30(22)3)32(24)15-14-17-8-12-20(35-5)13-9-17/h6-13,16H,14-15H2,1-5H3,(H,27,28)/b26-16+. The van der Waals surface area contributed by atoms with E-state index in [0.29, 0.717) is 30.1 Å². The molecule has 0 atom stereocenters. The number of rotatable bonds is 8. The molecule has 10 nitrogen and oxygen atoms in total. The molecule has 4 rings (SSSR count). The van der Waals surface area contributed by atoms with Crippen molar-refractivity contribution in [3.8, 4) is 5.75 Å². The number of hydrogen-bond acceptors (Lipinski definition) is 7. The molecule has 2 heterocycles. The highest BCUT2D eigenvalue weighted by atomic mass is 16.5. The second-order valence-electron chi connectivity index (χ2n) is 8.42. The molecule has 1 N–H and O–H groups in total. The number of ether oxygens (including phenoxy) is 1. The third-order valence-corrected chi connectivity index (χ3v) is 5.92. The fraction of sp³-hybridized carbons (Fsp3) is 0.280. The van der Waals surface area contributed by atoms with E-state index in [1.807, 2.05) is 67.5 Å². The normalized spacial score (nSPS) is 11.3. The van der Waals surface area contributed by atoms with Crippen molar-refractivity contribution in [2.24, 2.45) is 19.2 Å². The topological polar surface area (TPSA) is 98.7 Å². The molecule has 182 valence electrons. The Hall–Kier alpha value is -4.34. The first-order valence-corrected chi connectivity index (χ1v) is 11.2. The maximum absolute atomic E-state index is 13.0. The van der Waals surface area contributed by atoms with Gasteiger partial charge >= 0.3 is 5.69 Å². The van der Waals surface area contributed by atoms with Crippen molar-refractivity contribution in [1.29, 1.82) is 0 Å². The molecule has 0 aliphatic heterocycles. The van der Waals surface area contributed by atoms with Crippen LogP contribution in [0.2, 0.25) is 0 Å². The first kappa shape index (κ1) is 23.8. The minimum absolute atomic E-state index is 0.306. The summed E-state index contributed by atoms with van der Waals surface area (Å²) < 4.78 is 9.46. The van der Waals surface area contributed by atoms with Gasteiger partial charge in [0.1, 0.15) is 5.75 Å². The Morgan fingerprint density at radius 2 is 1.71 bits per heavy atom. The average molecular weight is 476 g/mol. The van der Waals surface area contributed by atoms with Crippen LogP contribution in [-0.2, 0) is 27.1 Å². The van der Waals surface area contributed by atoms with Gasteiger partial charge in [-0.3, -0.25) is 13.9 Å². The lowest BCUT2D eigenvalue weighted by molar-refractivity contribution is 0.414. The number of fused-ring (bicyclic) bond motifs is 1. The molecule has 2 aromatic heterocycles. The first-order chi connectivity index (χ1) is 16.8. The van der Waals surface area contributed by atoms with Gasteiger partial charge in [0.2, 0.25) is 5.95 Å². The molecule has 0 radical (unpaired) electrons. The van der Waals surface area contributed by atoms with Gasteiger partial charge < -0.3 is 14.2 Å². The molecule has 0 bridgehead atoms. The van der Waals surface area contributed by atoms with Gasteiger partial charge in [-0.25, -0.2) is 10.2 Å². The van der Waals surface area contributed by atoms with Crippen molar-refractivity contribution in [2.45, 2.75) is 13.0 Å². The smallest absolute Gasteiger partial charge is 0.332 e. The van der Waals surface area contributed by atoms with Crippen LogP contribution in [0.3, 0.4) is 0 Å². The number of imidazole rings is 1. The van der Waals surface area contributed by atoms with Gasteiger partial charge in [0, 0.05) is 40.4 Å². The predicted octanol–water partition coefficient (Wildman–Crippen LogP) is 2.20. The largest absolute Gasteiger partial charge is 0.497 e. The van der Waals surface area contributed by atoms with Crippen LogP contribution in [0.5, 0.6) is 5.75 Å². The molecule has 0 saturated carbocycles. The summed E-state index contributed by atoms with van der Waals surface area (Å²) in [5.74, 6) is 1.16. The van der Waals surface area contributed by atoms with Gasteiger partial charge in [-0.2, -0.15) is 10.1 Å². The van der Waals surface area contributed by atoms with Crippen molar-refractivity contribution >= 4 is 29.0 Å². The lowest BCUT2D eigenvalue weighted by atomic mass is 10.1. The van der Waals surface area contributed by atoms with Gasteiger partial charge in [0.25, 0.3) is 5.56 Å². The minimum Gasteiger partial charge on any atom is -0.497 e. The summed E-state index contributed by atoms with van der Waals surface area (Å²) >= 11 is 0. The summed E-state index contributed by atoms with van der Waals surface area (Å²) in [6.45, 7) is 0.464. The van der Waals surface area contributed by atoms with Crippen molar-refractivity contribution < 1.29 is 4.74 Å². The van der Waals surface area contributed by atoms with Crippen LogP contribution in [-0.4, -0.2) is 46.1 Å². The number of hydrogen-bond donors (Lipinski definition) is 1. The van der Waals surface area contributed by atoms with Crippen LogP contribution < -0.4 is 26.3 Å². The number of nitrogens with zero attached hydrogens (tertiary/aromatic N) is 6. The fourth-order valence-electron chi connectivity index (χ4n) is 3.81. The summed E-state index contributed by atoms with van der Waals surface area (Å²) in [7, 11) is 8.66. The van der Waals surface area contributed by atoms with Crippen LogP contribution in [0.25, 0.3) is 11.2 Å². The molecule has 35 heavy (non-hydrogen) atoms. The van der Waals surface area contributed by atoms with Crippen LogP contribution in [0.15, 0.2) is 63.2 Å². The summed E-state index contributed by atoms with van der Waals surface area (Å²) in [5, 5.41) is 4.34. The van der Waals surface area contributed by atoms with Crippen LogP contribution >= 0.6 is 0 Å². The van der Waals surface area contributed by atoms with E-state index in [4.69, 9.17) is 4.74 Å². The third kappa shape index (κ3) is 4.81. The average Bonchev–Trinajstić information content (AvgIpc) is 3.24. The third-order valence-electron chi connectivity index (χ3n) is 5.92. The Morgan fingerprint density at radius 1 is 1.03 bits per heavy atom. The second-order valence-corrected chi connectivity index (χ2v) is 8.42. The predicted molar refractivity (Wildman–Crippen MR) is 139 cm³/mol. The second kappa shape index (κ2) is 9.88. The maximum atomic E-state index is 13.0. The number of aryl methyl sites for hydroxylation is 3. The van der Waals surface area contributed by atoms with Gasteiger partial charge in [-0.05, 0) is 41.8 Å². The van der Waals surface area contributed by atoms with E-state index in [1.165, 1.54) is 11.6 Å². The number of methoxy groups -OCH3 is 1.